The van der Waals surface area contributed by atoms with E-state index in [9.17, 15) is 8.42 Å². The van der Waals surface area contributed by atoms with Crippen LogP contribution in [0.2, 0.25) is 10.0 Å². The molecule has 20 heavy (non-hydrogen) atoms. The molecule has 0 N–H and O–H groups in total. The third-order valence-corrected chi connectivity index (χ3v) is 6.08. The Bertz CT molecular complexity index is 555. The second kappa shape index (κ2) is 7.42. The third kappa shape index (κ3) is 4.08. The van der Waals surface area contributed by atoms with Crippen LogP contribution in [0.25, 0.3) is 0 Å². The summed E-state index contributed by atoms with van der Waals surface area (Å²) in [6.07, 6.45) is 0. The maximum atomic E-state index is 12.7. The van der Waals surface area contributed by atoms with E-state index in [0.29, 0.717) is 11.1 Å². The SMILES string of the molecule is COCCN(C(C)C)S(=O)(=O)c1c(Cl)cc(Br)cc1Cl. The molecule has 1 rings (SSSR count). The van der Waals surface area contributed by atoms with Crippen molar-refractivity contribution in [1.29, 1.82) is 0 Å². The molecule has 0 atom stereocenters. The Hall–Kier alpha value is 0.150. The Morgan fingerprint density at radius 2 is 1.80 bits per heavy atom. The minimum Gasteiger partial charge on any atom is -0.383 e. The van der Waals surface area contributed by atoms with Gasteiger partial charge in [0, 0.05) is 24.2 Å². The lowest BCUT2D eigenvalue weighted by molar-refractivity contribution is 0.171. The van der Waals surface area contributed by atoms with Gasteiger partial charge in [-0.05, 0) is 26.0 Å². The highest BCUT2D eigenvalue weighted by molar-refractivity contribution is 9.10. The molecule has 0 aliphatic heterocycles. The van der Waals surface area contributed by atoms with Gasteiger partial charge in [0.1, 0.15) is 4.90 Å². The van der Waals surface area contributed by atoms with E-state index in [1.165, 1.54) is 23.5 Å². The van der Waals surface area contributed by atoms with Gasteiger partial charge in [0.05, 0.1) is 16.7 Å². The molecule has 0 fully saturated rings. The van der Waals surface area contributed by atoms with E-state index >= 15 is 0 Å². The van der Waals surface area contributed by atoms with Crippen LogP contribution < -0.4 is 0 Å². The lowest BCUT2D eigenvalue weighted by Gasteiger charge is -2.26. The fourth-order valence-electron chi connectivity index (χ4n) is 1.73. The second-order valence-electron chi connectivity index (χ2n) is 4.40. The van der Waals surface area contributed by atoms with Crippen LogP contribution in [0.4, 0.5) is 0 Å². The Kier molecular flexibility index (Phi) is 6.76. The van der Waals surface area contributed by atoms with Crippen LogP contribution >= 0.6 is 39.1 Å². The first-order valence-electron chi connectivity index (χ1n) is 5.87. The summed E-state index contributed by atoms with van der Waals surface area (Å²) in [6.45, 7) is 4.10. The number of rotatable bonds is 6. The largest absolute Gasteiger partial charge is 0.383 e. The molecule has 0 unspecified atom stereocenters. The van der Waals surface area contributed by atoms with E-state index in [1.54, 1.807) is 13.8 Å². The van der Waals surface area contributed by atoms with E-state index in [-0.39, 0.29) is 27.5 Å². The average molecular weight is 405 g/mol. The molecule has 8 heteroatoms. The predicted octanol–water partition coefficient (Wildman–Crippen LogP) is 3.80. The molecule has 0 aromatic heterocycles. The molecule has 0 spiro atoms. The Morgan fingerprint density at radius 3 is 2.20 bits per heavy atom. The summed E-state index contributed by atoms with van der Waals surface area (Å²) >= 11 is 15.3. The first-order chi connectivity index (χ1) is 9.21. The van der Waals surface area contributed by atoms with Crippen molar-refractivity contribution in [3.8, 4) is 0 Å². The quantitative estimate of drug-likeness (QED) is 0.724. The van der Waals surface area contributed by atoms with Crippen LogP contribution in [0.15, 0.2) is 21.5 Å². The Morgan fingerprint density at radius 1 is 1.30 bits per heavy atom. The summed E-state index contributed by atoms with van der Waals surface area (Å²) < 4.78 is 32.3. The normalized spacial score (nSPS) is 12.4. The van der Waals surface area contributed by atoms with Gasteiger partial charge >= 0.3 is 0 Å². The van der Waals surface area contributed by atoms with E-state index in [0.717, 1.165) is 0 Å². The van der Waals surface area contributed by atoms with Crippen LogP contribution in [0.1, 0.15) is 13.8 Å². The fraction of sp³-hybridized carbons (Fsp3) is 0.500. The van der Waals surface area contributed by atoms with Gasteiger partial charge in [0.15, 0.2) is 0 Å². The highest BCUT2D eigenvalue weighted by atomic mass is 79.9. The van der Waals surface area contributed by atoms with Gasteiger partial charge < -0.3 is 4.74 Å². The zero-order valence-electron chi connectivity index (χ0n) is 11.4. The first kappa shape index (κ1) is 18.2. The molecule has 0 aliphatic carbocycles. The number of halogens is 3. The van der Waals surface area contributed by atoms with Crippen molar-refractivity contribution >= 4 is 49.2 Å². The molecule has 0 aliphatic rings. The third-order valence-electron chi connectivity index (χ3n) is 2.62. The van der Waals surface area contributed by atoms with E-state index in [4.69, 9.17) is 27.9 Å². The van der Waals surface area contributed by atoms with Crippen molar-refractivity contribution in [2.75, 3.05) is 20.3 Å². The second-order valence-corrected chi connectivity index (χ2v) is 7.96. The topological polar surface area (TPSA) is 46.6 Å². The summed E-state index contributed by atoms with van der Waals surface area (Å²) in [5.41, 5.74) is 0. The highest BCUT2D eigenvalue weighted by Crippen LogP contribution is 2.35. The Balaban J connectivity index is 3.34. The number of benzene rings is 1. The molecule has 0 amide bonds. The Labute approximate surface area is 138 Å². The molecule has 0 saturated carbocycles. The van der Waals surface area contributed by atoms with Gasteiger partial charge in [0.2, 0.25) is 10.0 Å². The zero-order chi connectivity index (χ0) is 15.5. The molecule has 1 aromatic carbocycles. The smallest absolute Gasteiger partial charge is 0.246 e. The molecule has 0 saturated heterocycles. The van der Waals surface area contributed by atoms with Crippen molar-refractivity contribution < 1.29 is 13.2 Å². The number of ether oxygens (including phenoxy) is 1. The number of hydrogen-bond donors (Lipinski definition) is 0. The summed E-state index contributed by atoms with van der Waals surface area (Å²) in [7, 11) is -2.26. The molecular weight excluding hydrogens is 389 g/mol. The molecule has 1 aromatic rings. The lowest BCUT2D eigenvalue weighted by atomic mass is 10.4. The zero-order valence-corrected chi connectivity index (χ0v) is 15.3. The van der Waals surface area contributed by atoms with Gasteiger partial charge in [0.25, 0.3) is 0 Å². The summed E-state index contributed by atoms with van der Waals surface area (Å²) in [4.78, 5) is -0.0752. The van der Waals surface area contributed by atoms with Gasteiger partial charge in [-0.1, -0.05) is 39.1 Å². The van der Waals surface area contributed by atoms with Gasteiger partial charge in [-0.2, -0.15) is 4.31 Å². The first-order valence-corrected chi connectivity index (χ1v) is 8.86. The van der Waals surface area contributed by atoms with Crippen LogP contribution in [0.3, 0.4) is 0 Å². The number of hydrogen-bond acceptors (Lipinski definition) is 3. The van der Waals surface area contributed by atoms with Crippen molar-refractivity contribution in [1.82, 2.24) is 4.31 Å². The molecule has 114 valence electrons. The van der Waals surface area contributed by atoms with Gasteiger partial charge in [-0.3, -0.25) is 0 Å². The highest BCUT2D eigenvalue weighted by Gasteiger charge is 2.31. The fourth-order valence-corrected chi connectivity index (χ4v) is 5.24. The van der Waals surface area contributed by atoms with Crippen molar-refractivity contribution in [2.24, 2.45) is 0 Å². The monoisotopic (exact) mass is 403 g/mol. The van der Waals surface area contributed by atoms with Crippen LogP contribution in [-0.4, -0.2) is 39.0 Å². The van der Waals surface area contributed by atoms with E-state index in [1.807, 2.05) is 0 Å². The molecule has 0 heterocycles. The lowest BCUT2D eigenvalue weighted by Crippen LogP contribution is -2.39. The van der Waals surface area contributed by atoms with E-state index in [2.05, 4.69) is 15.9 Å². The maximum Gasteiger partial charge on any atom is 0.246 e. The van der Waals surface area contributed by atoms with Crippen molar-refractivity contribution in [3.05, 3.63) is 26.7 Å². The minimum atomic E-state index is -3.78. The molecule has 4 nitrogen and oxygen atoms in total. The van der Waals surface area contributed by atoms with Gasteiger partial charge in [-0.15, -0.1) is 0 Å². The number of sulfonamides is 1. The van der Waals surface area contributed by atoms with Crippen LogP contribution in [0, 0.1) is 0 Å². The predicted molar refractivity (Wildman–Crippen MR) is 85.1 cm³/mol. The number of nitrogens with zero attached hydrogens (tertiary/aromatic N) is 1. The summed E-state index contributed by atoms with van der Waals surface area (Å²) in [5.74, 6) is 0. The van der Waals surface area contributed by atoms with Crippen molar-refractivity contribution in [2.45, 2.75) is 24.8 Å². The average Bonchev–Trinajstić information content (AvgIpc) is 2.26. The number of methoxy groups -OCH3 is 1. The van der Waals surface area contributed by atoms with Crippen LogP contribution in [0.5, 0.6) is 0 Å². The van der Waals surface area contributed by atoms with Crippen molar-refractivity contribution in [3.63, 3.8) is 0 Å². The van der Waals surface area contributed by atoms with Gasteiger partial charge in [-0.25, -0.2) is 8.42 Å². The molecular formula is C12H16BrCl2NO3S. The standard InChI is InChI=1S/C12H16BrCl2NO3S/c1-8(2)16(4-5-19-3)20(17,18)12-10(14)6-9(13)7-11(12)15/h6-8H,4-5H2,1-3H3. The minimum absolute atomic E-state index is 0.0752. The van der Waals surface area contributed by atoms with E-state index < -0.39 is 10.0 Å². The van der Waals surface area contributed by atoms with Crippen LogP contribution in [-0.2, 0) is 14.8 Å². The maximum absolute atomic E-state index is 12.7. The summed E-state index contributed by atoms with van der Waals surface area (Å²) in [6, 6.07) is 2.79. The molecule has 0 radical (unpaired) electrons. The summed E-state index contributed by atoms with van der Waals surface area (Å²) in [5, 5.41) is 0.180. The molecule has 0 bridgehead atoms.